The molecule has 2 bridgehead atoms. The van der Waals surface area contributed by atoms with Crippen LogP contribution >= 0.6 is 15.9 Å². The smallest absolute Gasteiger partial charge is 0.254 e. The highest BCUT2D eigenvalue weighted by Crippen LogP contribution is 2.26. The molecule has 1 aromatic carbocycles. The largest absolute Gasteiger partial charge is 0.491 e. The first kappa shape index (κ1) is 15.8. The Labute approximate surface area is 140 Å². The van der Waals surface area contributed by atoms with E-state index in [1.807, 2.05) is 36.9 Å². The predicted octanol–water partition coefficient (Wildman–Crippen LogP) is 3.20. The van der Waals surface area contributed by atoms with E-state index in [-0.39, 0.29) is 12.0 Å². The van der Waals surface area contributed by atoms with Gasteiger partial charge in [-0.3, -0.25) is 4.79 Å². The first-order chi connectivity index (χ1) is 10.5. The van der Waals surface area contributed by atoms with Crippen LogP contribution in [-0.4, -0.2) is 42.1 Å². The number of amides is 1. The summed E-state index contributed by atoms with van der Waals surface area (Å²) in [5, 5.41) is 3.61. The minimum absolute atomic E-state index is 0.0929. The lowest BCUT2D eigenvalue weighted by molar-refractivity contribution is 0.0747. The maximum atomic E-state index is 12.8. The summed E-state index contributed by atoms with van der Waals surface area (Å²) in [7, 11) is 0. The first-order valence-corrected chi connectivity index (χ1v) is 8.83. The Morgan fingerprint density at radius 1 is 1.27 bits per heavy atom. The van der Waals surface area contributed by atoms with Gasteiger partial charge in [-0.05, 0) is 51.3 Å². The van der Waals surface area contributed by atoms with Crippen molar-refractivity contribution in [2.45, 2.75) is 51.3 Å². The molecular formula is C17H23BrN2O2. The van der Waals surface area contributed by atoms with Crippen molar-refractivity contribution < 1.29 is 9.53 Å². The van der Waals surface area contributed by atoms with Gasteiger partial charge in [0.2, 0.25) is 0 Å². The summed E-state index contributed by atoms with van der Waals surface area (Å²) in [6.07, 6.45) is 3.56. The van der Waals surface area contributed by atoms with Crippen molar-refractivity contribution in [1.29, 1.82) is 0 Å². The molecule has 2 atom stereocenters. The summed E-state index contributed by atoms with van der Waals surface area (Å²) in [5.41, 5.74) is 0.697. The third-order valence-electron chi connectivity index (χ3n) is 4.30. The number of benzene rings is 1. The molecule has 2 saturated heterocycles. The number of nitrogens with one attached hydrogen (secondary N) is 1. The van der Waals surface area contributed by atoms with Crippen molar-refractivity contribution >= 4 is 21.8 Å². The lowest BCUT2D eigenvalue weighted by Gasteiger charge is -2.24. The Bertz CT molecular complexity index is 562. The van der Waals surface area contributed by atoms with Gasteiger partial charge in [-0.2, -0.15) is 0 Å². The summed E-state index contributed by atoms with van der Waals surface area (Å²) in [5.74, 6) is 0.839. The summed E-state index contributed by atoms with van der Waals surface area (Å²) in [6, 6.07) is 6.68. The zero-order valence-electron chi connectivity index (χ0n) is 13.1. The fourth-order valence-corrected chi connectivity index (χ4v) is 3.81. The molecule has 4 nitrogen and oxygen atoms in total. The fourth-order valence-electron chi connectivity index (χ4n) is 3.34. The number of ether oxygens (including phenoxy) is 1. The molecule has 0 aromatic heterocycles. The van der Waals surface area contributed by atoms with Crippen molar-refractivity contribution in [2.75, 3.05) is 13.1 Å². The van der Waals surface area contributed by atoms with Gasteiger partial charge in [-0.25, -0.2) is 0 Å². The number of likely N-dealkylation sites (tertiary alicyclic amines) is 1. The third-order valence-corrected chi connectivity index (χ3v) is 4.76. The van der Waals surface area contributed by atoms with E-state index in [2.05, 4.69) is 21.2 Å². The molecule has 0 aliphatic carbocycles. The normalized spacial score (nSPS) is 24.5. The minimum atomic E-state index is 0.0929. The average Bonchev–Trinajstić information content (AvgIpc) is 2.76. The molecule has 1 amide bonds. The number of halogens is 1. The molecule has 120 valence electrons. The lowest BCUT2D eigenvalue weighted by Crippen LogP contribution is -2.39. The molecule has 2 unspecified atom stereocenters. The van der Waals surface area contributed by atoms with Crippen molar-refractivity contribution in [3.8, 4) is 5.75 Å². The topological polar surface area (TPSA) is 41.6 Å². The van der Waals surface area contributed by atoms with Gasteiger partial charge in [0.25, 0.3) is 5.91 Å². The van der Waals surface area contributed by atoms with Crippen LogP contribution in [-0.2, 0) is 0 Å². The Balaban J connectivity index is 1.77. The zero-order chi connectivity index (χ0) is 15.7. The van der Waals surface area contributed by atoms with E-state index in [4.69, 9.17) is 4.74 Å². The number of hydrogen-bond acceptors (Lipinski definition) is 3. The van der Waals surface area contributed by atoms with Gasteiger partial charge >= 0.3 is 0 Å². The number of nitrogens with zero attached hydrogens (tertiary/aromatic N) is 1. The molecule has 2 aliphatic rings. The third kappa shape index (κ3) is 3.63. The number of rotatable bonds is 3. The molecule has 2 aliphatic heterocycles. The maximum absolute atomic E-state index is 12.8. The number of carbonyl (C=O) groups is 1. The highest BCUT2D eigenvalue weighted by atomic mass is 79.9. The van der Waals surface area contributed by atoms with Crippen LogP contribution in [0.4, 0.5) is 0 Å². The van der Waals surface area contributed by atoms with E-state index in [1.165, 1.54) is 12.8 Å². The highest BCUT2D eigenvalue weighted by molar-refractivity contribution is 9.10. The molecular weight excluding hydrogens is 344 g/mol. The molecule has 1 aromatic rings. The van der Waals surface area contributed by atoms with Gasteiger partial charge in [0, 0.05) is 35.2 Å². The van der Waals surface area contributed by atoms with E-state index < -0.39 is 0 Å². The van der Waals surface area contributed by atoms with Crippen molar-refractivity contribution in [2.24, 2.45) is 0 Å². The van der Waals surface area contributed by atoms with Gasteiger partial charge in [0.1, 0.15) is 5.75 Å². The Hall–Kier alpha value is -1.07. The Kier molecular flexibility index (Phi) is 4.73. The fraction of sp³-hybridized carbons (Fsp3) is 0.588. The van der Waals surface area contributed by atoms with Crippen molar-refractivity contribution in [3.63, 3.8) is 0 Å². The summed E-state index contributed by atoms with van der Waals surface area (Å²) >= 11 is 3.48. The molecule has 0 spiro atoms. The lowest BCUT2D eigenvalue weighted by atomic mass is 10.1. The van der Waals surface area contributed by atoms with Crippen LogP contribution in [0.3, 0.4) is 0 Å². The molecule has 2 fully saturated rings. The molecule has 0 radical (unpaired) electrons. The van der Waals surface area contributed by atoms with E-state index >= 15 is 0 Å². The summed E-state index contributed by atoms with van der Waals surface area (Å²) < 4.78 is 6.61. The van der Waals surface area contributed by atoms with Gasteiger partial charge in [0.15, 0.2) is 0 Å². The number of fused-ring (bicyclic) bond motifs is 2. The quantitative estimate of drug-likeness (QED) is 0.892. The highest BCUT2D eigenvalue weighted by Gasteiger charge is 2.31. The van der Waals surface area contributed by atoms with Gasteiger partial charge in [-0.15, -0.1) is 0 Å². The second kappa shape index (κ2) is 6.59. The summed E-state index contributed by atoms with van der Waals surface area (Å²) in [4.78, 5) is 14.8. The summed E-state index contributed by atoms with van der Waals surface area (Å²) in [6.45, 7) is 5.61. The van der Waals surface area contributed by atoms with E-state index in [1.54, 1.807) is 0 Å². The molecule has 1 N–H and O–H groups in total. The maximum Gasteiger partial charge on any atom is 0.254 e. The average molecular weight is 367 g/mol. The second-order valence-corrected chi connectivity index (χ2v) is 7.44. The number of carbonyl (C=O) groups excluding carboxylic acids is 1. The van der Waals surface area contributed by atoms with Crippen LogP contribution in [0.5, 0.6) is 5.75 Å². The predicted molar refractivity (Wildman–Crippen MR) is 90.4 cm³/mol. The van der Waals surface area contributed by atoms with Crippen LogP contribution in [0, 0.1) is 0 Å². The Morgan fingerprint density at radius 2 is 2.05 bits per heavy atom. The molecule has 0 saturated carbocycles. The second-order valence-electron chi connectivity index (χ2n) is 6.52. The first-order valence-electron chi connectivity index (χ1n) is 8.04. The molecule has 2 heterocycles. The van der Waals surface area contributed by atoms with E-state index in [0.717, 1.165) is 29.7 Å². The molecule has 5 heteroatoms. The van der Waals surface area contributed by atoms with Gasteiger partial charge in [0.05, 0.1) is 6.10 Å². The van der Waals surface area contributed by atoms with Crippen LogP contribution in [0.2, 0.25) is 0 Å². The van der Waals surface area contributed by atoms with Crippen molar-refractivity contribution in [3.05, 3.63) is 28.2 Å². The SMILES string of the molecule is CC(C)Oc1cc(Br)cc(C(=O)N2CCC3CCC(C2)N3)c1. The van der Waals surface area contributed by atoms with Crippen LogP contribution in [0.25, 0.3) is 0 Å². The van der Waals surface area contributed by atoms with Gasteiger partial charge < -0.3 is 15.0 Å². The Morgan fingerprint density at radius 3 is 2.82 bits per heavy atom. The van der Waals surface area contributed by atoms with Gasteiger partial charge in [-0.1, -0.05) is 15.9 Å². The number of hydrogen-bond donors (Lipinski definition) is 1. The molecule has 3 rings (SSSR count). The minimum Gasteiger partial charge on any atom is -0.491 e. The zero-order valence-corrected chi connectivity index (χ0v) is 14.7. The molecule has 22 heavy (non-hydrogen) atoms. The standard InChI is InChI=1S/C17H23BrN2O2/c1-11(2)22-16-8-12(7-13(18)9-16)17(21)20-6-5-14-3-4-15(10-20)19-14/h7-9,11,14-15,19H,3-6,10H2,1-2H3. The van der Waals surface area contributed by atoms with Crippen LogP contribution in [0.15, 0.2) is 22.7 Å². The van der Waals surface area contributed by atoms with E-state index in [0.29, 0.717) is 17.6 Å². The van der Waals surface area contributed by atoms with Crippen LogP contribution < -0.4 is 10.1 Å². The van der Waals surface area contributed by atoms with Crippen molar-refractivity contribution in [1.82, 2.24) is 10.2 Å². The van der Waals surface area contributed by atoms with Crippen LogP contribution in [0.1, 0.15) is 43.5 Å². The monoisotopic (exact) mass is 366 g/mol. The van der Waals surface area contributed by atoms with E-state index in [9.17, 15) is 4.79 Å².